The predicted molar refractivity (Wildman–Crippen MR) is 61.5 cm³/mol. The lowest BCUT2D eigenvalue weighted by molar-refractivity contribution is 0.0697. The first-order valence-corrected chi connectivity index (χ1v) is 5.38. The molecular weight excluding hydrogens is 226 g/mol. The molecule has 0 amide bonds. The molecule has 0 saturated heterocycles. The van der Waals surface area contributed by atoms with Gasteiger partial charge in [0.15, 0.2) is 5.82 Å². The number of anilines is 1. The summed E-state index contributed by atoms with van der Waals surface area (Å²) < 4.78 is 0. The molecule has 2 aromatic heterocycles. The van der Waals surface area contributed by atoms with E-state index in [4.69, 9.17) is 10.8 Å². The Kier molecular flexibility index (Phi) is 2.57. The molecule has 0 aromatic carbocycles. The van der Waals surface area contributed by atoms with Crippen molar-refractivity contribution in [2.24, 2.45) is 0 Å². The van der Waals surface area contributed by atoms with E-state index < -0.39 is 5.97 Å². The molecule has 0 spiro atoms. The van der Waals surface area contributed by atoms with E-state index in [-0.39, 0.29) is 11.4 Å². The molecule has 2 rings (SSSR count). The lowest BCUT2D eigenvalue weighted by Crippen LogP contribution is -2.06. The van der Waals surface area contributed by atoms with Gasteiger partial charge in [0.25, 0.3) is 0 Å². The van der Waals surface area contributed by atoms with E-state index in [1.54, 1.807) is 0 Å². The maximum Gasteiger partial charge on any atom is 0.341 e. The third kappa shape index (κ3) is 1.74. The Morgan fingerprint density at radius 3 is 2.81 bits per heavy atom. The van der Waals surface area contributed by atoms with Crippen molar-refractivity contribution >= 4 is 23.1 Å². The number of carboxylic acid groups (broad SMARTS) is 1. The minimum absolute atomic E-state index is 0.00898. The zero-order chi connectivity index (χ0) is 11.7. The number of nitrogen functional groups attached to an aromatic ring is 1. The van der Waals surface area contributed by atoms with Crippen molar-refractivity contribution in [2.45, 2.75) is 6.92 Å². The Morgan fingerprint density at radius 1 is 1.56 bits per heavy atom. The van der Waals surface area contributed by atoms with Crippen molar-refractivity contribution in [3.63, 3.8) is 0 Å². The highest BCUT2D eigenvalue weighted by atomic mass is 32.1. The standard InChI is InChI=1S/C10H9N3O2S/c1-5-2-3-16-7(5)9-12-4-6(10(14)15)8(11)13-9/h2-4H,1H3,(H,14,15)(H2,11,12,13). The molecule has 2 aromatic rings. The number of aromatic nitrogens is 2. The fourth-order valence-electron chi connectivity index (χ4n) is 1.27. The zero-order valence-corrected chi connectivity index (χ0v) is 9.28. The highest BCUT2D eigenvalue weighted by Crippen LogP contribution is 2.26. The van der Waals surface area contributed by atoms with E-state index >= 15 is 0 Å². The first-order valence-electron chi connectivity index (χ1n) is 4.50. The van der Waals surface area contributed by atoms with Crippen LogP contribution in [0.3, 0.4) is 0 Å². The average molecular weight is 235 g/mol. The molecule has 0 atom stereocenters. The number of aryl methyl sites for hydroxylation is 1. The SMILES string of the molecule is Cc1ccsc1-c1ncc(C(=O)O)c(N)n1. The molecule has 0 saturated carbocycles. The van der Waals surface area contributed by atoms with Crippen molar-refractivity contribution in [3.05, 3.63) is 28.8 Å². The number of aromatic carboxylic acids is 1. The van der Waals surface area contributed by atoms with Crippen molar-refractivity contribution in [2.75, 3.05) is 5.73 Å². The number of hydrogen-bond donors (Lipinski definition) is 2. The first kappa shape index (κ1) is 10.6. The van der Waals surface area contributed by atoms with Gasteiger partial charge in [-0.15, -0.1) is 11.3 Å². The first-order chi connectivity index (χ1) is 7.59. The number of nitrogens with zero attached hydrogens (tertiary/aromatic N) is 2. The second-order valence-electron chi connectivity index (χ2n) is 3.23. The molecule has 3 N–H and O–H groups in total. The third-order valence-corrected chi connectivity index (χ3v) is 3.13. The molecule has 82 valence electrons. The summed E-state index contributed by atoms with van der Waals surface area (Å²) in [4.78, 5) is 19.6. The van der Waals surface area contributed by atoms with Gasteiger partial charge in [0.2, 0.25) is 0 Å². The lowest BCUT2D eigenvalue weighted by atomic mass is 10.2. The van der Waals surface area contributed by atoms with Crippen LogP contribution >= 0.6 is 11.3 Å². The second kappa shape index (κ2) is 3.90. The van der Waals surface area contributed by atoms with Gasteiger partial charge in [0.1, 0.15) is 11.4 Å². The van der Waals surface area contributed by atoms with Gasteiger partial charge in [-0.2, -0.15) is 0 Å². The Hall–Kier alpha value is -1.95. The Labute approximate surface area is 95.6 Å². The molecular formula is C10H9N3O2S. The van der Waals surface area contributed by atoms with Crippen LogP contribution < -0.4 is 5.73 Å². The maximum atomic E-state index is 10.7. The van der Waals surface area contributed by atoms with Crippen LogP contribution in [0.1, 0.15) is 15.9 Å². The Bertz CT molecular complexity index is 551. The number of nitrogens with two attached hydrogens (primary N) is 1. The molecule has 0 aliphatic rings. The van der Waals surface area contributed by atoms with Gasteiger partial charge in [0.05, 0.1) is 4.88 Å². The van der Waals surface area contributed by atoms with E-state index in [0.717, 1.165) is 10.4 Å². The van der Waals surface area contributed by atoms with E-state index in [2.05, 4.69) is 9.97 Å². The van der Waals surface area contributed by atoms with Crippen LogP contribution in [0.5, 0.6) is 0 Å². The smallest absolute Gasteiger partial charge is 0.341 e. The molecule has 0 fully saturated rings. The normalized spacial score (nSPS) is 10.3. The Balaban J connectivity index is 2.50. The minimum atomic E-state index is -1.12. The molecule has 0 bridgehead atoms. The van der Waals surface area contributed by atoms with Crippen LogP contribution in [-0.2, 0) is 0 Å². The van der Waals surface area contributed by atoms with E-state index in [0.29, 0.717) is 5.82 Å². The summed E-state index contributed by atoms with van der Waals surface area (Å²) in [5.41, 5.74) is 6.53. The van der Waals surface area contributed by atoms with Crippen LogP contribution in [-0.4, -0.2) is 21.0 Å². The van der Waals surface area contributed by atoms with Gasteiger partial charge in [-0.05, 0) is 23.9 Å². The second-order valence-corrected chi connectivity index (χ2v) is 4.15. The van der Waals surface area contributed by atoms with Crippen LogP contribution in [0.15, 0.2) is 17.6 Å². The summed E-state index contributed by atoms with van der Waals surface area (Å²) in [5.74, 6) is -0.660. The minimum Gasteiger partial charge on any atom is -0.477 e. The number of rotatable bonds is 2. The van der Waals surface area contributed by atoms with Gasteiger partial charge in [-0.25, -0.2) is 14.8 Å². The summed E-state index contributed by atoms with van der Waals surface area (Å²) >= 11 is 1.50. The molecule has 2 heterocycles. The summed E-state index contributed by atoms with van der Waals surface area (Å²) in [7, 11) is 0. The van der Waals surface area contributed by atoms with Crippen LogP contribution in [0.4, 0.5) is 5.82 Å². The van der Waals surface area contributed by atoms with Crippen LogP contribution in [0.25, 0.3) is 10.7 Å². The topological polar surface area (TPSA) is 89.1 Å². The lowest BCUT2D eigenvalue weighted by Gasteiger charge is -2.02. The van der Waals surface area contributed by atoms with Crippen molar-refractivity contribution < 1.29 is 9.90 Å². The van der Waals surface area contributed by atoms with Gasteiger partial charge in [-0.3, -0.25) is 0 Å². The number of carbonyl (C=O) groups is 1. The molecule has 5 nitrogen and oxygen atoms in total. The number of thiophene rings is 1. The molecule has 0 aliphatic heterocycles. The van der Waals surface area contributed by atoms with E-state index in [1.165, 1.54) is 17.5 Å². The fourth-order valence-corrected chi connectivity index (χ4v) is 2.14. The summed E-state index contributed by atoms with van der Waals surface area (Å²) in [5, 5.41) is 10.7. The predicted octanol–water partition coefficient (Wildman–Crippen LogP) is 1.79. The van der Waals surface area contributed by atoms with Gasteiger partial charge < -0.3 is 10.8 Å². The van der Waals surface area contributed by atoms with Gasteiger partial charge in [-0.1, -0.05) is 0 Å². The maximum absolute atomic E-state index is 10.7. The van der Waals surface area contributed by atoms with E-state index in [9.17, 15) is 4.79 Å². The number of hydrogen-bond acceptors (Lipinski definition) is 5. The summed E-state index contributed by atoms with van der Waals surface area (Å²) in [6.45, 7) is 1.94. The van der Waals surface area contributed by atoms with Gasteiger partial charge in [0, 0.05) is 6.20 Å². The van der Waals surface area contributed by atoms with Crippen molar-refractivity contribution in [1.82, 2.24) is 9.97 Å². The number of carboxylic acids is 1. The third-order valence-electron chi connectivity index (χ3n) is 2.11. The van der Waals surface area contributed by atoms with Gasteiger partial charge >= 0.3 is 5.97 Å². The van der Waals surface area contributed by atoms with Crippen LogP contribution in [0.2, 0.25) is 0 Å². The zero-order valence-electron chi connectivity index (χ0n) is 8.47. The highest BCUT2D eigenvalue weighted by Gasteiger charge is 2.13. The highest BCUT2D eigenvalue weighted by molar-refractivity contribution is 7.13. The average Bonchev–Trinajstić information content (AvgIpc) is 2.63. The van der Waals surface area contributed by atoms with E-state index in [1.807, 2.05) is 18.4 Å². The largest absolute Gasteiger partial charge is 0.477 e. The van der Waals surface area contributed by atoms with Crippen molar-refractivity contribution in [1.29, 1.82) is 0 Å². The molecule has 0 radical (unpaired) electrons. The quantitative estimate of drug-likeness (QED) is 0.828. The molecule has 0 aliphatic carbocycles. The van der Waals surface area contributed by atoms with Crippen molar-refractivity contribution in [3.8, 4) is 10.7 Å². The Morgan fingerprint density at radius 2 is 2.31 bits per heavy atom. The monoisotopic (exact) mass is 235 g/mol. The fraction of sp³-hybridized carbons (Fsp3) is 0.100. The molecule has 0 unspecified atom stereocenters. The molecule has 16 heavy (non-hydrogen) atoms. The van der Waals surface area contributed by atoms with Crippen LogP contribution in [0, 0.1) is 6.92 Å². The summed E-state index contributed by atoms with van der Waals surface area (Å²) in [6.07, 6.45) is 1.24. The molecule has 6 heteroatoms. The summed E-state index contributed by atoms with van der Waals surface area (Å²) in [6, 6.07) is 1.95.